The second-order valence-electron chi connectivity index (χ2n) is 6.92. The molecule has 0 atom stereocenters. The molecule has 0 fully saturated rings. The quantitative estimate of drug-likeness (QED) is 0.487. The van der Waals surface area contributed by atoms with Crippen LogP contribution < -0.4 is 15.7 Å². The van der Waals surface area contributed by atoms with E-state index in [9.17, 15) is 9.90 Å². The van der Waals surface area contributed by atoms with Gasteiger partial charge in [0, 0.05) is 7.05 Å². The zero-order chi connectivity index (χ0) is 21.0. The molecule has 0 aliphatic carbocycles. The van der Waals surface area contributed by atoms with Crippen molar-refractivity contribution in [2.24, 2.45) is 7.05 Å². The van der Waals surface area contributed by atoms with Gasteiger partial charge in [0.05, 0.1) is 6.20 Å². The van der Waals surface area contributed by atoms with Crippen LogP contribution in [0.25, 0.3) is 0 Å². The fourth-order valence-electron chi connectivity index (χ4n) is 3.75. The van der Waals surface area contributed by atoms with E-state index in [4.69, 9.17) is 0 Å². The predicted octanol–water partition coefficient (Wildman–Crippen LogP) is 3.58. The largest absolute Gasteiger partial charge is 0.530 e. The van der Waals surface area contributed by atoms with Gasteiger partial charge in [0.25, 0.3) is 0 Å². The molecule has 0 saturated heterocycles. The van der Waals surface area contributed by atoms with Crippen LogP contribution in [-0.4, -0.2) is 15.9 Å². The lowest BCUT2D eigenvalue weighted by Gasteiger charge is -2.38. The second-order valence-corrected chi connectivity index (χ2v) is 6.92. The van der Waals surface area contributed by atoms with Crippen molar-refractivity contribution in [3.05, 3.63) is 114 Å². The van der Waals surface area contributed by atoms with E-state index < -0.39 is 11.6 Å². The Balaban J connectivity index is 1.99. The number of benzene rings is 3. The molecule has 0 aliphatic heterocycles. The third kappa shape index (κ3) is 3.51. The first kappa shape index (κ1) is 19.3. The highest BCUT2D eigenvalue weighted by Gasteiger charge is 2.37. The molecule has 0 spiro atoms. The van der Waals surface area contributed by atoms with Gasteiger partial charge in [0.1, 0.15) is 23.1 Å². The molecule has 1 heterocycles. The van der Waals surface area contributed by atoms with Crippen LogP contribution in [0.2, 0.25) is 0 Å². The summed E-state index contributed by atoms with van der Waals surface area (Å²) in [6, 6.07) is 30.1. The molecule has 0 unspecified atom stereocenters. The number of carbonyl (C=O) groups excluding carboxylic acids is 1. The maximum absolute atomic E-state index is 11.2. The Morgan fingerprint density at radius 1 is 0.833 bits per heavy atom. The first-order valence-electron chi connectivity index (χ1n) is 9.56. The summed E-state index contributed by atoms with van der Waals surface area (Å²) < 4.78 is 1.61. The first-order chi connectivity index (χ1) is 14.6. The number of amides is 1. The number of hydrogen-bond acceptors (Lipinski definition) is 4. The number of nitrogens with one attached hydrogen (secondary N) is 2. The van der Waals surface area contributed by atoms with Gasteiger partial charge in [0.2, 0.25) is 0 Å². The van der Waals surface area contributed by atoms with Crippen molar-refractivity contribution in [3.8, 4) is 0 Å². The van der Waals surface area contributed by atoms with Crippen molar-refractivity contribution in [1.82, 2.24) is 9.78 Å². The van der Waals surface area contributed by atoms with Crippen molar-refractivity contribution in [2.45, 2.75) is 5.54 Å². The van der Waals surface area contributed by atoms with Crippen molar-refractivity contribution >= 4 is 17.6 Å². The van der Waals surface area contributed by atoms with E-state index in [2.05, 4.69) is 52.1 Å². The molecule has 1 aromatic heterocycles. The lowest BCUT2D eigenvalue weighted by molar-refractivity contribution is -0.242. The van der Waals surface area contributed by atoms with Gasteiger partial charge >= 0.3 is 0 Å². The summed E-state index contributed by atoms with van der Waals surface area (Å²) in [5.74, 6) is 0.524. The monoisotopic (exact) mass is 397 g/mol. The molecule has 6 heteroatoms. The number of nitrogens with zero attached hydrogens (tertiary/aromatic N) is 2. The van der Waals surface area contributed by atoms with Crippen LogP contribution in [0.5, 0.6) is 0 Å². The Bertz CT molecular complexity index is 1030. The third-order valence-electron chi connectivity index (χ3n) is 5.10. The first-order valence-corrected chi connectivity index (χ1v) is 9.56. The molecule has 2 N–H and O–H groups in total. The summed E-state index contributed by atoms with van der Waals surface area (Å²) >= 11 is 0. The molecular formula is C24H21N4O2-. The van der Waals surface area contributed by atoms with Gasteiger partial charge in [-0.15, -0.1) is 0 Å². The Labute approximate surface area is 174 Å². The molecule has 0 aliphatic rings. The minimum absolute atomic E-state index is 0.324. The minimum atomic E-state index is -1.39. The van der Waals surface area contributed by atoms with Crippen LogP contribution in [-0.2, 0) is 12.6 Å². The van der Waals surface area contributed by atoms with Crippen molar-refractivity contribution in [3.63, 3.8) is 0 Å². The number of aromatic nitrogens is 2. The van der Waals surface area contributed by atoms with E-state index in [1.54, 1.807) is 11.7 Å². The normalized spacial score (nSPS) is 11.1. The Morgan fingerprint density at radius 3 is 1.67 bits per heavy atom. The molecule has 0 radical (unpaired) electrons. The average Bonchev–Trinajstić information content (AvgIpc) is 3.12. The van der Waals surface area contributed by atoms with Gasteiger partial charge < -0.3 is 20.5 Å². The second kappa shape index (κ2) is 8.13. The van der Waals surface area contributed by atoms with Crippen LogP contribution >= 0.6 is 0 Å². The Hall–Kier alpha value is -4.06. The summed E-state index contributed by atoms with van der Waals surface area (Å²) in [5, 5.41) is 21.4. The smallest absolute Gasteiger partial charge is 0.149 e. The fraction of sp³-hybridized carbons (Fsp3) is 0.0833. The molecule has 4 rings (SSSR count). The molecule has 150 valence electrons. The Kier molecular flexibility index (Phi) is 5.22. The summed E-state index contributed by atoms with van der Waals surface area (Å²) in [7, 11) is 1.76. The number of aryl methyl sites for hydroxylation is 1. The number of carboxylic acid groups (broad SMARTS) is 1. The molecule has 6 nitrogen and oxygen atoms in total. The van der Waals surface area contributed by atoms with Crippen molar-refractivity contribution < 1.29 is 9.90 Å². The molecule has 1 amide bonds. The highest BCUT2D eigenvalue weighted by molar-refractivity contribution is 5.86. The standard InChI is InChI=1S/C24H22N4O2/c1-28-22(21(17-25-28)26-23(29)30)27-24(18-11-5-2-6-12-18,19-13-7-3-8-14-19)20-15-9-4-10-16-20/h2-17,26-27H,1H3,(H,29,30)/p-1. The molecule has 4 aromatic rings. The predicted molar refractivity (Wildman–Crippen MR) is 115 cm³/mol. The summed E-state index contributed by atoms with van der Waals surface area (Å²) in [6.45, 7) is 0. The molecule has 0 bridgehead atoms. The molecule has 0 saturated carbocycles. The fourth-order valence-corrected chi connectivity index (χ4v) is 3.75. The van der Waals surface area contributed by atoms with Gasteiger partial charge in [0.15, 0.2) is 0 Å². The van der Waals surface area contributed by atoms with Crippen LogP contribution in [0.15, 0.2) is 97.2 Å². The maximum atomic E-state index is 11.2. The zero-order valence-corrected chi connectivity index (χ0v) is 16.4. The van der Waals surface area contributed by atoms with E-state index in [1.807, 2.05) is 54.6 Å². The number of carbonyl (C=O) groups is 1. The van der Waals surface area contributed by atoms with Crippen LogP contribution in [0, 0.1) is 0 Å². The third-order valence-corrected chi connectivity index (χ3v) is 5.10. The van der Waals surface area contributed by atoms with E-state index in [0.717, 1.165) is 16.7 Å². The van der Waals surface area contributed by atoms with Crippen LogP contribution in [0.3, 0.4) is 0 Å². The average molecular weight is 397 g/mol. The van der Waals surface area contributed by atoms with Crippen molar-refractivity contribution in [2.75, 3.05) is 10.6 Å². The lowest BCUT2D eigenvalue weighted by Crippen LogP contribution is -2.39. The molecule has 3 aromatic carbocycles. The number of hydrogen-bond donors (Lipinski definition) is 2. The summed E-state index contributed by atoms with van der Waals surface area (Å²) in [6.07, 6.45) is 0.0694. The van der Waals surface area contributed by atoms with Crippen LogP contribution in [0.4, 0.5) is 16.3 Å². The lowest BCUT2D eigenvalue weighted by atomic mass is 9.77. The molecular weight excluding hydrogens is 376 g/mol. The maximum Gasteiger partial charge on any atom is 0.149 e. The number of anilines is 2. The minimum Gasteiger partial charge on any atom is -0.530 e. The zero-order valence-electron chi connectivity index (χ0n) is 16.4. The summed E-state index contributed by atoms with van der Waals surface area (Å²) in [5.41, 5.74) is 2.54. The van der Waals surface area contributed by atoms with E-state index >= 15 is 0 Å². The SMILES string of the molecule is Cn1ncc(NC(=O)[O-])c1NC(c1ccccc1)(c1ccccc1)c1ccccc1. The highest BCUT2D eigenvalue weighted by Crippen LogP contribution is 2.41. The van der Waals surface area contributed by atoms with Gasteiger partial charge in [-0.3, -0.25) is 4.68 Å². The topological polar surface area (TPSA) is 82.0 Å². The molecule has 30 heavy (non-hydrogen) atoms. The van der Waals surface area contributed by atoms with Gasteiger partial charge in [-0.1, -0.05) is 91.0 Å². The van der Waals surface area contributed by atoms with E-state index in [-0.39, 0.29) is 0 Å². The van der Waals surface area contributed by atoms with Gasteiger partial charge in [-0.2, -0.15) is 5.10 Å². The number of rotatable bonds is 6. The Morgan fingerprint density at radius 2 is 1.27 bits per heavy atom. The summed E-state index contributed by atoms with van der Waals surface area (Å²) in [4.78, 5) is 11.2. The van der Waals surface area contributed by atoms with Crippen LogP contribution in [0.1, 0.15) is 16.7 Å². The van der Waals surface area contributed by atoms with Gasteiger partial charge in [-0.25, -0.2) is 0 Å². The van der Waals surface area contributed by atoms with Crippen molar-refractivity contribution in [1.29, 1.82) is 0 Å². The van der Waals surface area contributed by atoms with Gasteiger partial charge in [-0.05, 0) is 16.7 Å². The van der Waals surface area contributed by atoms with E-state index in [1.165, 1.54) is 6.20 Å². The highest BCUT2D eigenvalue weighted by atomic mass is 16.4. The van der Waals surface area contributed by atoms with E-state index in [0.29, 0.717) is 11.5 Å².